The highest BCUT2D eigenvalue weighted by molar-refractivity contribution is 6.02. The third-order valence-corrected chi connectivity index (χ3v) is 5.62. The van der Waals surface area contributed by atoms with E-state index < -0.39 is 11.5 Å². The zero-order valence-corrected chi connectivity index (χ0v) is 15.7. The second-order valence-corrected chi connectivity index (χ2v) is 7.84. The number of rotatable bonds is 4. The van der Waals surface area contributed by atoms with Crippen LogP contribution in [0.1, 0.15) is 26.7 Å². The van der Waals surface area contributed by atoms with Gasteiger partial charge in [0.05, 0.1) is 17.4 Å². The van der Waals surface area contributed by atoms with Gasteiger partial charge in [0, 0.05) is 20.6 Å². The Morgan fingerprint density at radius 1 is 1.33 bits per heavy atom. The Labute approximate surface area is 145 Å². The summed E-state index contributed by atoms with van der Waals surface area (Å²) in [5.74, 6) is -0.626. The number of hydrogen-bond donors (Lipinski definition) is 1. The molecule has 0 radical (unpaired) electrons. The van der Waals surface area contributed by atoms with Crippen molar-refractivity contribution in [2.24, 2.45) is 17.3 Å². The van der Waals surface area contributed by atoms with Crippen molar-refractivity contribution in [3.63, 3.8) is 0 Å². The first kappa shape index (κ1) is 18.9. The summed E-state index contributed by atoms with van der Waals surface area (Å²) in [6, 6.07) is 0. The molecule has 134 valence electrons. The highest BCUT2D eigenvalue weighted by Gasteiger charge is 2.52. The molecular formula is C19H30N2O3. The molecule has 2 aliphatic rings. The topological polar surface area (TPSA) is 60.9 Å². The fourth-order valence-electron chi connectivity index (χ4n) is 4.18. The second-order valence-electron chi connectivity index (χ2n) is 7.84. The molecule has 0 bridgehead atoms. The van der Waals surface area contributed by atoms with Crippen molar-refractivity contribution in [1.82, 2.24) is 9.80 Å². The van der Waals surface area contributed by atoms with Crippen LogP contribution in [0, 0.1) is 17.3 Å². The zero-order valence-electron chi connectivity index (χ0n) is 15.7. The molecule has 0 spiro atoms. The van der Waals surface area contributed by atoms with Gasteiger partial charge in [0.25, 0.3) is 0 Å². The minimum atomic E-state index is -0.928. The van der Waals surface area contributed by atoms with Gasteiger partial charge in [0.2, 0.25) is 5.91 Å². The number of aliphatic hydroxyl groups is 1. The van der Waals surface area contributed by atoms with E-state index in [-0.39, 0.29) is 23.5 Å². The van der Waals surface area contributed by atoms with Crippen LogP contribution in [0.3, 0.4) is 0 Å². The molecule has 2 rings (SSSR count). The molecule has 0 aliphatic heterocycles. The van der Waals surface area contributed by atoms with Crippen LogP contribution >= 0.6 is 0 Å². The molecule has 0 aromatic heterocycles. The van der Waals surface area contributed by atoms with Crippen molar-refractivity contribution in [2.75, 3.05) is 34.7 Å². The number of carbonyl (C=O) groups excluding carboxylic acids is 2. The minimum Gasteiger partial charge on any atom is -0.391 e. The lowest BCUT2D eigenvalue weighted by Crippen LogP contribution is -2.49. The molecule has 1 amide bonds. The first-order valence-corrected chi connectivity index (χ1v) is 8.57. The molecule has 5 heteroatoms. The highest BCUT2D eigenvalue weighted by Crippen LogP contribution is 2.48. The van der Waals surface area contributed by atoms with Crippen LogP contribution in [0.15, 0.2) is 23.3 Å². The van der Waals surface area contributed by atoms with Gasteiger partial charge in [0.1, 0.15) is 0 Å². The van der Waals surface area contributed by atoms with Gasteiger partial charge in [-0.3, -0.25) is 9.59 Å². The number of nitrogens with zero attached hydrogens (tertiary/aromatic N) is 2. The lowest BCUT2D eigenvalue weighted by Gasteiger charge is -2.39. The van der Waals surface area contributed by atoms with Gasteiger partial charge >= 0.3 is 0 Å². The maximum atomic E-state index is 12.8. The Balaban J connectivity index is 2.43. The Morgan fingerprint density at radius 2 is 1.96 bits per heavy atom. The van der Waals surface area contributed by atoms with Gasteiger partial charge in [-0.15, -0.1) is 0 Å². The summed E-state index contributed by atoms with van der Waals surface area (Å²) in [7, 11) is 7.34. The number of fused-ring (bicyclic) bond motifs is 1. The fourth-order valence-corrected chi connectivity index (χ4v) is 4.18. The second kappa shape index (κ2) is 6.81. The first-order valence-electron chi connectivity index (χ1n) is 8.57. The molecular weight excluding hydrogens is 304 g/mol. The van der Waals surface area contributed by atoms with Gasteiger partial charge in [-0.25, -0.2) is 0 Å². The Bertz CT molecular complexity index is 591. The van der Waals surface area contributed by atoms with Crippen LogP contribution in [0.4, 0.5) is 0 Å². The minimum absolute atomic E-state index is 0.0101. The molecule has 0 fully saturated rings. The van der Waals surface area contributed by atoms with Crippen LogP contribution in [-0.2, 0) is 9.59 Å². The molecule has 0 heterocycles. The molecule has 0 saturated heterocycles. The third-order valence-electron chi connectivity index (χ3n) is 5.62. The quantitative estimate of drug-likeness (QED) is 0.846. The van der Waals surface area contributed by atoms with E-state index in [9.17, 15) is 14.7 Å². The fraction of sp³-hybridized carbons (Fsp3) is 0.684. The van der Waals surface area contributed by atoms with E-state index in [1.165, 1.54) is 0 Å². The summed E-state index contributed by atoms with van der Waals surface area (Å²) >= 11 is 0. The van der Waals surface area contributed by atoms with Crippen LogP contribution in [0.5, 0.6) is 0 Å². The van der Waals surface area contributed by atoms with E-state index in [1.54, 1.807) is 25.1 Å². The SMILES string of the molecule is CC1=C2C=CC(=O)C2(C)C(O)C(C(CN(C)C)C(=O)N(C)C)CC1. The predicted molar refractivity (Wildman–Crippen MR) is 94.4 cm³/mol. The van der Waals surface area contributed by atoms with Gasteiger partial charge in [-0.2, -0.15) is 0 Å². The van der Waals surface area contributed by atoms with Crippen molar-refractivity contribution in [3.8, 4) is 0 Å². The van der Waals surface area contributed by atoms with Crippen molar-refractivity contribution in [2.45, 2.75) is 32.8 Å². The lowest BCUT2D eigenvalue weighted by molar-refractivity contribution is -0.141. The number of aliphatic hydroxyl groups excluding tert-OH is 1. The van der Waals surface area contributed by atoms with Crippen molar-refractivity contribution in [3.05, 3.63) is 23.3 Å². The summed E-state index contributed by atoms with van der Waals surface area (Å²) in [6.07, 6.45) is 4.07. The summed E-state index contributed by atoms with van der Waals surface area (Å²) in [4.78, 5) is 28.9. The number of ketones is 1. The molecule has 24 heavy (non-hydrogen) atoms. The zero-order chi connectivity index (χ0) is 18.2. The average Bonchev–Trinajstić information content (AvgIpc) is 2.76. The molecule has 0 aromatic rings. The lowest BCUT2D eigenvalue weighted by atomic mass is 9.69. The summed E-state index contributed by atoms with van der Waals surface area (Å²) in [6.45, 7) is 4.41. The Kier molecular flexibility index (Phi) is 5.35. The van der Waals surface area contributed by atoms with E-state index in [0.29, 0.717) is 13.0 Å². The molecule has 4 atom stereocenters. The molecule has 0 aromatic carbocycles. The van der Waals surface area contributed by atoms with Crippen LogP contribution in [-0.4, -0.2) is 67.4 Å². The van der Waals surface area contributed by atoms with Gasteiger partial charge in [0.15, 0.2) is 5.78 Å². The average molecular weight is 334 g/mol. The van der Waals surface area contributed by atoms with Crippen molar-refractivity contribution >= 4 is 11.7 Å². The molecule has 5 nitrogen and oxygen atoms in total. The van der Waals surface area contributed by atoms with Gasteiger partial charge < -0.3 is 14.9 Å². The molecule has 0 saturated carbocycles. The molecule has 2 aliphatic carbocycles. The van der Waals surface area contributed by atoms with Crippen molar-refractivity contribution in [1.29, 1.82) is 0 Å². The van der Waals surface area contributed by atoms with Crippen LogP contribution in [0.2, 0.25) is 0 Å². The summed E-state index contributed by atoms with van der Waals surface area (Å²) < 4.78 is 0. The Hall–Kier alpha value is -1.46. The standard InChI is InChI=1S/C19H30N2O3/c1-12-7-8-13(14(11-20(3)4)18(24)21(5)6)17(23)19(2)15(12)9-10-16(19)22/h9-10,13-14,17,23H,7-8,11H2,1-6H3. The summed E-state index contributed by atoms with van der Waals surface area (Å²) in [5, 5.41) is 11.2. The van der Waals surface area contributed by atoms with E-state index in [1.807, 2.05) is 38.9 Å². The highest BCUT2D eigenvalue weighted by atomic mass is 16.3. The van der Waals surface area contributed by atoms with Gasteiger partial charge in [-0.05, 0) is 58.4 Å². The van der Waals surface area contributed by atoms with Gasteiger partial charge in [-0.1, -0.05) is 11.6 Å². The number of hydrogen-bond acceptors (Lipinski definition) is 4. The summed E-state index contributed by atoms with van der Waals surface area (Å²) in [5.41, 5.74) is 1.15. The van der Waals surface area contributed by atoms with E-state index >= 15 is 0 Å². The largest absolute Gasteiger partial charge is 0.391 e. The van der Waals surface area contributed by atoms with Crippen LogP contribution < -0.4 is 0 Å². The maximum absolute atomic E-state index is 12.8. The number of amides is 1. The van der Waals surface area contributed by atoms with Crippen molar-refractivity contribution < 1.29 is 14.7 Å². The normalized spacial score (nSPS) is 31.2. The van der Waals surface area contributed by atoms with Crippen LogP contribution in [0.25, 0.3) is 0 Å². The molecule has 4 unspecified atom stereocenters. The van der Waals surface area contributed by atoms with E-state index in [4.69, 9.17) is 0 Å². The third kappa shape index (κ3) is 3.07. The van der Waals surface area contributed by atoms with E-state index in [0.717, 1.165) is 17.6 Å². The number of allylic oxidation sites excluding steroid dienone is 3. The first-order chi connectivity index (χ1) is 11.1. The molecule has 1 N–H and O–H groups in total. The smallest absolute Gasteiger partial charge is 0.226 e. The monoisotopic (exact) mass is 334 g/mol. The Morgan fingerprint density at radius 3 is 2.50 bits per heavy atom. The predicted octanol–water partition coefficient (Wildman–Crippen LogP) is 1.48. The van der Waals surface area contributed by atoms with E-state index in [2.05, 4.69) is 0 Å². The number of carbonyl (C=O) groups is 2. The maximum Gasteiger partial charge on any atom is 0.226 e.